The number of thioether (sulfide) groups is 1. The molecule has 0 saturated carbocycles. The van der Waals surface area contributed by atoms with Crippen molar-refractivity contribution in [3.63, 3.8) is 0 Å². The molecule has 29 heavy (non-hydrogen) atoms. The van der Waals surface area contributed by atoms with Crippen molar-refractivity contribution in [1.82, 2.24) is 4.90 Å². The molecule has 0 bridgehead atoms. The second-order valence-electron chi connectivity index (χ2n) is 6.14. The molecule has 3 amide bonds. The number of carbonyl (C=O) groups excluding carboxylic acids is 4. The normalized spacial score (nSPS) is 16.0. The van der Waals surface area contributed by atoms with Gasteiger partial charge in [-0.3, -0.25) is 34.2 Å². The summed E-state index contributed by atoms with van der Waals surface area (Å²) in [6.07, 6.45) is -0.262. The van der Waals surface area contributed by atoms with Crippen LogP contribution in [0.4, 0.5) is 16.2 Å². The second kappa shape index (κ2) is 8.65. The predicted octanol–water partition coefficient (Wildman–Crippen LogP) is 2.87. The first-order chi connectivity index (χ1) is 13.8. The lowest BCUT2D eigenvalue weighted by Gasteiger charge is -2.13. The Balaban J connectivity index is 1.58. The van der Waals surface area contributed by atoms with Crippen molar-refractivity contribution in [3.05, 3.63) is 70.3 Å². The van der Waals surface area contributed by atoms with Gasteiger partial charge in [-0.1, -0.05) is 42.1 Å². The molecule has 10 heteroatoms. The number of ketones is 1. The zero-order valence-corrected chi connectivity index (χ0v) is 15.8. The van der Waals surface area contributed by atoms with Crippen LogP contribution in [0.2, 0.25) is 0 Å². The van der Waals surface area contributed by atoms with Crippen molar-refractivity contribution in [1.29, 1.82) is 0 Å². The highest BCUT2D eigenvalue weighted by atomic mass is 32.2. The molecule has 2 aromatic carbocycles. The molecule has 0 aliphatic carbocycles. The van der Waals surface area contributed by atoms with Crippen molar-refractivity contribution in [2.45, 2.75) is 11.7 Å². The van der Waals surface area contributed by atoms with Crippen LogP contribution in [0.5, 0.6) is 0 Å². The van der Waals surface area contributed by atoms with Gasteiger partial charge in [0.15, 0.2) is 5.78 Å². The molecule has 1 N–H and O–H groups in total. The summed E-state index contributed by atoms with van der Waals surface area (Å²) in [6.45, 7) is -0.380. The number of anilines is 1. The van der Waals surface area contributed by atoms with Gasteiger partial charge in [0, 0.05) is 29.8 Å². The summed E-state index contributed by atoms with van der Waals surface area (Å²) in [7, 11) is 0. The lowest BCUT2D eigenvalue weighted by Crippen LogP contribution is -2.36. The zero-order valence-electron chi connectivity index (χ0n) is 14.9. The van der Waals surface area contributed by atoms with Crippen molar-refractivity contribution >= 4 is 46.0 Å². The molecule has 1 aliphatic rings. The first-order valence-corrected chi connectivity index (χ1v) is 9.37. The maximum atomic E-state index is 12.5. The summed E-state index contributed by atoms with van der Waals surface area (Å²) in [5.74, 6) is -1.49. The van der Waals surface area contributed by atoms with Gasteiger partial charge in [-0.05, 0) is 12.1 Å². The zero-order chi connectivity index (χ0) is 21.0. The maximum absolute atomic E-state index is 12.5. The number of nitrogens with zero attached hydrogens (tertiary/aromatic N) is 2. The van der Waals surface area contributed by atoms with Crippen molar-refractivity contribution < 1.29 is 24.1 Å². The van der Waals surface area contributed by atoms with E-state index in [-0.39, 0.29) is 24.4 Å². The Morgan fingerprint density at radius 2 is 1.72 bits per heavy atom. The van der Waals surface area contributed by atoms with Crippen molar-refractivity contribution in [2.24, 2.45) is 0 Å². The third-order valence-corrected chi connectivity index (χ3v) is 5.21. The maximum Gasteiger partial charge on any atom is 0.289 e. The quantitative estimate of drug-likeness (QED) is 0.420. The number of nitro benzene ring substituents is 1. The van der Waals surface area contributed by atoms with E-state index in [1.165, 1.54) is 24.3 Å². The number of amides is 3. The predicted molar refractivity (Wildman–Crippen MR) is 106 cm³/mol. The number of imide groups is 1. The number of Topliss-reactive ketones (excluding diaryl/α,β-unsaturated/α-hetero) is 1. The van der Waals surface area contributed by atoms with Gasteiger partial charge in [0.1, 0.15) is 5.25 Å². The van der Waals surface area contributed by atoms with E-state index in [2.05, 4.69) is 5.32 Å². The van der Waals surface area contributed by atoms with E-state index in [0.717, 1.165) is 4.90 Å². The van der Waals surface area contributed by atoms with Gasteiger partial charge in [0.25, 0.3) is 10.9 Å². The first-order valence-electron chi connectivity index (χ1n) is 8.49. The minimum absolute atomic E-state index is 0.117. The Hall–Kier alpha value is -3.53. The molecule has 0 aromatic heterocycles. The number of rotatable bonds is 7. The van der Waals surface area contributed by atoms with Gasteiger partial charge in [-0.25, -0.2) is 0 Å². The monoisotopic (exact) mass is 413 g/mol. The summed E-state index contributed by atoms with van der Waals surface area (Å²) in [4.78, 5) is 60.0. The smallest absolute Gasteiger partial charge is 0.289 e. The number of non-ortho nitro benzene ring substituents is 1. The minimum atomic E-state index is -0.927. The van der Waals surface area contributed by atoms with Crippen LogP contribution >= 0.6 is 11.8 Å². The lowest BCUT2D eigenvalue weighted by molar-refractivity contribution is -0.384. The van der Waals surface area contributed by atoms with Crippen LogP contribution in [0.15, 0.2) is 54.6 Å². The van der Waals surface area contributed by atoms with E-state index in [0.29, 0.717) is 23.0 Å². The van der Waals surface area contributed by atoms with E-state index in [4.69, 9.17) is 0 Å². The van der Waals surface area contributed by atoms with Crippen LogP contribution in [-0.4, -0.2) is 44.5 Å². The molecule has 9 nitrogen and oxygen atoms in total. The third-order valence-electron chi connectivity index (χ3n) is 4.14. The SMILES string of the molecule is O=C(C[C@@H]1SC(=O)N(CC(=O)c2ccccc2)C1=O)Nc1ccc([N+](=O)[O-])cc1. The molecular formula is C19H15N3O6S. The Morgan fingerprint density at radius 3 is 2.34 bits per heavy atom. The number of nitro groups is 1. The molecule has 0 unspecified atom stereocenters. The first kappa shape index (κ1) is 20.2. The third kappa shape index (κ3) is 4.85. The van der Waals surface area contributed by atoms with Gasteiger partial charge in [0.05, 0.1) is 11.5 Å². The van der Waals surface area contributed by atoms with Crippen molar-refractivity contribution in [3.8, 4) is 0 Å². The summed E-state index contributed by atoms with van der Waals surface area (Å²) in [5.41, 5.74) is 0.602. The Bertz CT molecular complexity index is 977. The average molecular weight is 413 g/mol. The van der Waals surface area contributed by atoms with Gasteiger partial charge in [-0.15, -0.1) is 0 Å². The Morgan fingerprint density at radius 1 is 1.07 bits per heavy atom. The number of benzene rings is 2. The van der Waals surface area contributed by atoms with Gasteiger partial charge in [-0.2, -0.15) is 0 Å². The van der Waals surface area contributed by atoms with E-state index < -0.39 is 27.2 Å². The lowest BCUT2D eigenvalue weighted by atomic mass is 10.1. The summed E-state index contributed by atoms with van der Waals surface area (Å²) in [5, 5.41) is 11.7. The molecule has 148 valence electrons. The fourth-order valence-corrected chi connectivity index (χ4v) is 3.66. The molecule has 1 heterocycles. The molecule has 1 aliphatic heterocycles. The number of hydrogen-bond donors (Lipinski definition) is 1. The number of hydrogen-bond acceptors (Lipinski definition) is 7. The van der Waals surface area contributed by atoms with Gasteiger partial charge in [0.2, 0.25) is 11.8 Å². The molecule has 0 radical (unpaired) electrons. The molecule has 1 saturated heterocycles. The summed E-state index contributed by atoms with van der Waals surface area (Å²) < 4.78 is 0. The summed E-state index contributed by atoms with van der Waals surface area (Å²) in [6, 6.07) is 13.5. The van der Waals surface area contributed by atoms with E-state index in [1.807, 2.05) is 0 Å². The van der Waals surface area contributed by atoms with Crippen molar-refractivity contribution in [2.75, 3.05) is 11.9 Å². The topological polar surface area (TPSA) is 127 Å². The molecule has 1 atom stereocenters. The molecule has 0 spiro atoms. The molecule has 1 fully saturated rings. The van der Waals surface area contributed by atoms with Gasteiger partial charge < -0.3 is 5.32 Å². The van der Waals surface area contributed by atoms with E-state index in [9.17, 15) is 29.3 Å². The second-order valence-corrected chi connectivity index (χ2v) is 7.30. The highest BCUT2D eigenvalue weighted by Crippen LogP contribution is 2.29. The number of nitrogens with one attached hydrogen (secondary N) is 1. The van der Waals surface area contributed by atoms with Crippen LogP contribution in [0, 0.1) is 10.1 Å². The Kier molecular flexibility index (Phi) is 6.03. The van der Waals surface area contributed by atoms with Crippen LogP contribution in [0.3, 0.4) is 0 Å². The van der Waals surface area contributed by atoms with Crippen LogP contribution < -0.4 is 5.32 Å². The van der Waals surface area contributed by atoms with Gasteiger partial charge >= 0.3 is 0 Å². The average Bonchev–Trinajstić information content (AvgIpc) is 2.96. The minimum Gasteiger partial charge on any atom is -0.326 e. The fraction of sp³-hybridized carbons (Fsp3) is 0.158. The van der Waals surface area contributed by atoms with Crippen LogP contribution in [-0.2, 0) is 9.59 Å². The standard InChI is InChI=1S/C19H15N3O6S/c23-15(12-4-2-1-3-5-12)11-21-18(25)16(29-19(21)26)10-17(24)20-13-6-8-14(9-7-13)22(27)28/h1-9,16H,10-11H2,(H,20,24)/t16-/m0/s1. The summed E-state index contributed by atoms with van der Waals surface area (Å²) >= 11 is 0.699. The molecule has 2 aromatic rings. The van der Waals surface area contributed by atoms with Crippen LogP contribution in [0.1, 0.15) is 16.8 Å². The largest absolute Gasteiger partial charge is 0.326 e. The molecular weight excluding hydrogens is 398 g/mol. The highest BCUT2D eigenvalue weighted by molar-refractivity contribution is 8.15. The highest BCUT2D eigenvalue weighted by Gasteiger charge is 2.41. The Labute approximate surface area is 169 Å². The van der Waals surface area contributed by atoms with E-state index in [1.54, 1.807) is 30.3 Å². The number of carbonyl (C=O) groups is 4. The fourth-order valence-electron chi connectivity index (χ4n) is 2.68. The molecule has 3 rings (SSSR count). The van der Waals surface area contributed by atoms with E-state index >= 15 is 0 Å². The van der Waals surface area contributed by atoms with Crippen LogP contribution in [0.25, 0.3) is 0 Å².